The number of hydrogen-bond donors (Lipinski definition) is 1. The van der Waals surface area contributed by atoms with Gasteiger partial charge in [-0.1, -0.05) is 218 Å². The van der Waals surface area contributed by atoms with Gasteiger partial charge in [0.15, 0.2) is 0 Å². The van der Waals surface area contributed by atoms with E-state index in [0.717, 1.165) is 19.3 Å². The Morgan fingerprint density at radius 1 is 0.429 bits per heavy atom. The Morgan fingerprint density at radius 2 is 0.714 bits per heavy atom. The van der Waals surface area contributed by atoms with Crippen LogP contribution in [0.15, 0.2) is 23.8 Å². The Labute approximate surface area is 265 Å². The van der Waals surface area contributed by atoms with Crippen LogP contribution in [-0.4, -0.2) is 11.1 Å². The van der Waals surface area contributed by atoms with Crippen molar-refractivity contribution in [3.05, 3.63) is 23.8 Å². The van der Waals surface area contributed by atoms with Crippen molar-refractivity contribution in [3.8, 4) is 0 Å². The predicted octanol–water partition coefficient (Wildman–Crippen LogP) is 14.5. The van der Waals surface area contributed by atoms with Crippen LogP contribution in [0.5, 0.6) is 0 Å². The molecule has 0 unspecified atom stereocenters. The number of carboxylic acids is 1. The lowest BCUT2D eigenvalue weighted by Gasteiger charge is -2.04. The molecule has 2 nitrogen and oxygen atoms in total. The molecule has 0 saturated carbocycles. The monoisotopic (exact) mass is 589 g/mol. The van der Waals surface area contributed by atoms with Gasteiger partial charge in [-0.15, -0.1) is 0 Å². The Hall–Kier alpha value is -1.05. The fourth-order valence-electron chi connectivity index (χ4n) is 6.04. The Kier molecular flexibility index (Phi) is 35.2. The van der Waals surface area contributed by atoms with Crippen LogP contribution in [0.25, 0.3) is 0 Å². The van der Waals surface area contributed by atoms with Crippen molar-refractivity contribution in [2.75, 3.05) is 0 Å². The lowest BCUT2D eigenvalue weighted by molar-refractivity contribution is -0.132. The molecule has 42 heavy (non-hydrogen) atoms. The lowest BCUT2D eigenvalue weighted by Crippen LogP contribution is -2.00. The molecule has 0 rings (SSSR count). The molecule has 0 bridgehead atoms. The zero-order valence-corrected chi connectivity index (χ0v) is 28.9. The van der Waals surface area contributed by atoms with Crippen molar-refractivity contribution in [1.82, 2.24) is 0 Å². The summed E-state index contributed by atoms with van der Waals surface area (Å²) < 4.78 is 0. The molecule has 0 aliphatic rings. The highest BCUT2D eigenvalue weighted by atomic mass is 16.4. The van der Waals surface area contributed by atoms with Crippen molar-refractivity contribution in [1.29, 1.82) is 0 Å². The van der Waals surface area contributed by atoms with Gasteiger partial charge in [-0.25, -0.2) is 4.79 Å². The highest BCUT2D eigenvalue weighted by Gasteiger charge is 2.05. The summed E-state index contributed by atoms with van der Waals surface area (Å²) in [4.78, 5) is 11.6. The fraction of sp³-hybridized carbons (Fsp3) is 0.875. The van der Waals surface area contributed by atoms with Gasteiger partial charge < -0.3 is 5.11 Å². The van der Waals surface area contributed by atoms with Crippen molar-refractivity contribution in [2.45, 2.75) is 226 Å². The summed E-state index contributed by atoms with van der Waals surface area (Å²) in [5.41, 5.74) is 0.577. The second-order valence-electron chi connectivity index (χ2n) is 13.2. The zero-order valence-electron chi connectivity index (χ0n) is 28.9. The van der Waals surface area contributed by atoms with Gasteiger partial charge in [0.05, 0.1) is 0 Å². The van der Waals surface area contributed by atoms with Crippen molar-refractivity contribution < 1.29 is 9.90 Å². The molecular weight excluding hydrogens is 512 g/mol. The molecular formula is C40H76O2. The number of carboxylic acid groups (broad SMARTS) is 1. The van der Waals surface area contributed by atoms with Crippen molar-refractivity contribution in [2.24, 2.45) is 0 Å². The lowest BCUT2D eigenvalue weighted by atomic mass is 10.0. The van der Waals surface area contributed by atoms with Gasteiger partial charge in [0.25, 0.3) is 0 Å². The zero-order chi connectivity index (χ0) is 30.6. The van der Waals surface area contributed by atoms with Crippen molar-refractivity contribution in [3.63, 3.8) is 0 Å². The van der Waals surface area contributed by atoms with E-state index in [4.69, 9.17) is 0 Å². The number of unbranched alkanes of at least 4 members (excludes halogenated alkanes) is 30. The number of aliphatic carboxylic acids is 1. The molecule has 1 N–H and O–H groups in total. The van der Waals surface area contributed by atoms with Gasteiger partial charge in [-0.05, 0) is 25.7 Å². The molecule has 0 aliphatic carbocycles. The molecule has 0 aromatic rings. The van der Waals surface area contributed by atoms with E-state index in [9.17, 15) is 9.90 Å². The second-order valence-corrected chi connectivity index (χ2v) is 13.2. The average Bonchev–Trinajstić information content (AvgIpc) is 2.99. The third kappa shape index (κ3) is 33.5. The minimum Gasteiger partial charge on any atom is -0.478 e. The second kappa shape index (κ2) is 36.1. The first kappa shape index (κ1) is 41.0. The van der Waals surface area contributed by atoms with Crippen LogP contribution in [0, 0.1) is 0 Å². The van der Waals surface area contributed by atoms with Crippen molar-refractivity contribution >= 4 is 5.97 Å². The topological polar surface area (TPSA) is 37.3 Å². The molecule has 0 atom stereocenters. The van der Waals surface area contributed by atoms with E-state index in [1.807, 2.05) is 12.2 Å². The highest BCUT2D eigenvalue weighted by Crippen LogP contribution is 2.17. The molecule has 0 aromatic heterocycles. The molecule has 0 radical (unpaired) electrons. The minimum absolute atomic E-state index is 0.577. The first-order valence-electron chi connectivity index (χ1n) is 19.3. The molecule has 0 amide bonds. The standard InChI is InChI=1S/C40H76O2/c1-3-5-7-9-11-13-15-17-19-21-22-24-26-28-30-32-34-36-38-39(40(41)42)37-35-33-31-29-27-25-23-20-18-16-14-12-10-8-6-4-2/h33,35,37H,3-32,34,36,38H2,1-2H3,(H,41,42). The summed E-state index contributed by atoms with van der Waals surface area (Å²) in [6.45, 7) is 4.57. The molecule has 0 aromatic carbocycles. The highest BCUT2D eigenvalue weighted by molar-refractivity contribution is 5.86. The van der Waals surface area contributed by atoms with Gasteiger partial charge in [0, 0.05) is 5.57 Å². The van der Waals surface area contributed by atoms with Gasteiger partial charge in [-0.2, -0.15) is 0 Å². The van der Waals surface area contributed by atoms with E-state index in [1.165, 1.54) is 186 Å². The predicted molar refractivity (Wildman–Crippen MR) is 189 cm³/mol. The van der Waals surface area contributed by atoms with Gasteiger partial charge in [0.2, 0.25) is 0 Å². The molecule has 0 aliphatic heterocycles. The van der Waals surface area contributed by atoms with Crippen LogP contribution in [0.3, 0.4) is 0 Å². The quantitative estimate of drug-likeness (QED) is 0.0454. The van der Waals surface area contributed by atoms with Gasteiger partial charge >= 0.3 is 5.97 Å². The first-order chi connectivity index (χ1) is 20.7. The van der Waals surface area contributed by atoms with E-state index in [0.29, 0.717) is 12.0 Å². The third-order valence-electron chi connectivity index (χ3n) is 8.98. The molecule has 0 saturated heterocycles. The van der Waals surface area contributed by atoms with E-state index >= 15 is 0 Å². The Balaban J connectivity index is 3.51. The molecule has 248 valence electrons. The third-order valence-corrected chi connectivity index (χ3v) is 8.98. The maximum atomic E-state index is 11.6. The summed E-state index contributed by atoms with van der Waals surface area (Å²) in [6.07, 6.45) is 50.3. The van der Waals surface area contributed by atoms with E-state index in [1.54, 1.807) is 0 Å². The summed E-state index contributed by atoms with van der Waals surface area (Å²) >= 11 is 0. The average molecular weight is 589 g/mol. The summed E-state index contributed by atoms with van der Waals surface area (Å²) in [6, 6.07) is 0. The summed E-state index contributed by atoms with van der Waals surface area (Å²) in [5.74, 6) is -0.743. The normalized spacial score (nSPS) is 12.1. The van der Waals surface area contributed by atoms with Crippen LogP contribution < -0.4 is 0 Å². The Bertz CT molecular complexity index is 590. The number of rotatable bonds is 35. The largest absolute Gasteiger partial charge is 0.478 e. The van der Waals surface area contributed by atoms with Crippen LogP contribution in [-0.2, 0) is 4.79 Å². The van der Waals surface area contributed by atoms with Crippen LogP contribution in [0.1, 0.15) is 226 Å². The van der Waals surface area contributed by atoms with Crippen LogP contribution in [0.4, 0.5) is 0 Å². The number of carbonyl (C=O) groups is 1. The minimum atomic E-state index is -0.743. The Morgan fingerprint density at radius 3 is 1.02 bits per heavy atom. The summed E-state index contributed by atoms with van der Waals surface area (Å²) in [5, 5.41) is 9.54. The fourth-order valence-corrected chi connectivity index (χ4v) is 6.04. The first-order valence-corrected chi connectivity index (χ1v) is 19.3. The van der Waals surface area contributed by atoms with Gasteiger partial charge in [-0.3, -0.25) is 0 Å². The van der Waals surface area contributed by atoms with E-state index in [-0.39, 0.29) is 0 Å². The molecule has 0 fully saturated rings. The molecule has 2 heteroatoms. The van der Waals surface area contributed by atoms with Crippen LogP contribution in [0.2, 0.25) is 0 Å². The maximum absolute atomic E-state index is 11.6. The summed E-state index contributed by atoms with van der Waals surface area (Å²) in [7, 11) is 0. The molecule has 0 spiro atoms. The number of allylic oxidation sites excluding steroid dienone is 3. The maximum Gasteiger partial charge on any atom is 0.331 e. The van der Waals surface area contributed by atoms with E-state index in [2.05, 4.69) is 19.9 Å². The SMILES string of the molecule is CCCCCCCCCCCCCCCC=CC=C(CCCCCCCCCCCCCCCCCCCC)C(=O)O. The smallest absolute Gasteiger partial charge is 0.331 e. The molecule has 0 heterocycles. The number of hydrogen-bond acceptors (Lipinski definition) is 1. The van der Waals surface area contributed by atoms with E-state index < -0.39 is 5.97 Å². The van der Waals surface area contributed by atoms with Gasteiger partial charge in [0.1, 0.15) is 0 Å². The van der Waals surface area contributed by atoms with Crippen LogP contribution >= 0.6 is 0 Å².